The Balaban J connectivity index is 2.29. The number of benzene rings is 1. The first-order chi connectivity index (χ1) is 8.61. The van der Waals surface area contributed by atoms with Crippen molar-refractivity contribution in [1.82, 2.24) is 0 Å². The number of hydrogen-bond acceptors (Lipinski definition) is 2. The molecule has 0 bridgehead atoms. The Morgan fingerprint density at radius 3 is 2.83 bits per heavy atom. The van der Waals surface area contributed by atoms with Crippen molar-refractivity contribution in [3.05, 3.63) is 28.2 Å². The van der Waals surface area contributed by atoms with Crippen LogP contribution in [0.2, 0.25) is 0 Å². The van der Waals surface area contributed by atoms with Crippen LogP contribution in [0.1, 0.15) is 31.4 Å². The molecule has 0 heterocycles. The standard InChI is InChI=1S/C15H19BrN2/c1-3-8-18(10-12-4-5-12)15-7-6-13(16)9-14(15)11(2)17/h1,6-7,9,11-12H,4-5,8,10,17H2,2H3. The monoisotopic (exact) mass is 306 g/mol. The van der Waals surface area contributed by atoms with E-state index in [0.717, 1.165) is 22.5 Å². The first-order valence-electron chi connectivity index (χ1n) is 6.35. The second kappa shape index (κ2) is 5.77. The van der Waals surface area contributed by atoms with Crippen LogP contribution >= 0.6 is 15.9 Å². The molecule has 1 aromatic rings. The van der Waals surface area contributed by atoms with Crippen molar-refractivity contribution in [2.45, 2.75) is 25.8 Å². The molecule has 1 aromatic carbocycles. The van der Waals surface area contributed by atoms with Crippen LogP contribution in [-0.2, 0) is 0 Å². The molecule has 2 N–H and O–H groups in total. The van der Waals surface area contributed by atoms with E-state index < -0.39 is 0 Å². The third-order valence-corrected chi connectivity index (χ3v) is 3.77. The van der Waals surface area contributed by atoms with Crippen LogP contribution in [0.25, 0.3) is 0 Å². The van der Waals surface area contributed by atoms with E-state index in [9.17, 15) is 0 Å². The number of anilines is 1. The molecule has 0 aromatic heterocycles. The lowest BCUT2D eigenvalue weighted by atomic mass is 10.1. The van der Waals surface area contributed by atoms with Crippen molar-refractivity contribution in [2.24, 2.45) is 11.7 Å². The highest BCUT2D eigenvalue weighted by molar-refractivity contribution is 9.10. The van der Waals surface area contributed by atoms with Gasteiger partial charge < -0.3 is 10.6 Å². The summed E-state index contributed by atoms with van der Waals surface area (Å²) >= 11 is 3.50. The van der Waals surface area contributed by atoms with E-state index in [1.54, 1.807) is 0 Å². The Hall–Kier alpha value is -0.980. The number of hydrogen-bond donors (Lipinski definition) is 1. The Morgan fingerprint density at radius 1 is 1.56 bits per heavy atom. The second-order valence-corrected chi connectivity index (χ2v) is 5.94. The van der Waals surface area contributed by atoms with E-state index in [4.69, 9.17) is 12.2 Å². The van der Waals surface area contributed by atoms with Crippen LogP contribution in [0.3, 0.4) is 0 Å². The molecular weight excluding hydrogens is 288 g/mol. The fraction of sp³-hybridized carbons (Fsp3) is 0.467. The fourth-order valence-corrected chi connectivity index (χ4v) is 2.53. The van der Waals surface area contributed by atoms with Crippen LogP contribution in [0, 0.1) is 18.3 Å². The lowest BCUT2D eigenvalue weighted by Gasteiger charge is -2.26. The lowest BCUT2D eigenvalue weighted by Crippen LogP contribution is -2.28. The van der Waals surface area contributed by atoms with E-state index in [1.165, 1.54) is 18.5 Å². The summed E-state index contributed by atoms with van der Waals surface area (Å²) in [6.07, 6.45) is 8.14. The molecule has 0 radical (unpaired) electrons. The van der Waals surface area contributed by atoms with Gasteiger partial charge in [0.2, 0.25) is 0 Å². The predicted molar refractivity (Wildman–Crippen MR) is 80.5 cm³/mol. The number of halogens is 1. The Bertz CT molecular complexity index is 458. The number of terminal acetylenes is 1. The lowest BCUT2D eigenvalue weighted by molar-refractivity contribution is 0.745. The van der Waals surface area contributed by atoms with Gasteiger partial charge in [-0.05, 0) is 49.4 Å². The van der Waals surface area contributed by atoms with E-state index in [0.29, 0.717) is 6.54 Å². The third-order valence-electron chi connectivity index (χ3n) is 3.28. The van der Waals surface area contributed by atoms with Gasteiger partial charge in [-0.2, -0.15) is 0 Å². The van der Waals surface area contributed by atoms with Crippen LogP contribution in [-0.4, -0.2) is 13.1 Å². The molecule has 0 aliphatic heterocycles. The van der Waals surface area contributed by atoms with Gasteiger partial charge in [0.05, 0.1) is 6.54 Å². The summed E-state index contributed by atoms with van der Waals surface area (Å²) in [6, 6.07) is 6.27. The van der Waals surface area contributed by atoms with Gasteiger partial charge in [-0.1, -0.05) is 21.9 Å². The number of nitrogens with zero attached hydrogens (tertiary/aromatic N) is 1. The maximum Gasteiger partial charge on any atom is 0.0791 e. The van der Waals surface area contributed by atoms with E-state index in [1.807, 2.05) is 6.92 Å². The van der Waals surface area contributed by atoms with Crippen molar-refractivity contribution in [3.63, 3.8) is 0 Å². The zero-order chi connectivity index (χ0) is 13.1. The molecule has 1 saturated carbocycles. The summed E-state index contributed by atoms with van der Waals surface area (Å²) in [4.78, 5) is 2.28. The van der Waals surface area contributed by atoms with Gasteiger partial charge in [0.25, 0.3) is 0 Å². The summed E-state index contributed by atoms with van der Waals surface area (Å²) < 4.78 is 1.06. The molecule has 2 nitrogen and oxygen atoms in total. The number of rotatable bonds is 5. The van der Waals surface area contributed by atoms with Crippen molar-refractivity contribution in [3.8, 4) is 12.3 Å². The molecule has 18 heavy (non-hydrogen) atoms. The van der Waals surface area contributed by atoms with Crippen molar-refractivity contribution < 1.29 is 0 Å². The Labute approximate surface area is 118 Å². The van der Waals surface area contributed by atoms with Gasteiger partial charge >= 0.3 is 0 Å². The molecule has 1 fully saturated rings. The highest BCUT2D eigenvalue weighted by Crippen LogP contribution is 2.34. The highest BCUT2D eigenvalue weighted by atomic mass is 79.9. The summed E-state index contributed by atoms with van der Waals surface area (Å²) in [6.45, 7) is 3.71. The van der Waals surface area contributed by atoms with E-state index in [-0.39, 0.29) is 6.04 Å². The fourth-order valence-electron chi connectivity index (χ4n) is 2.15. The van der Waals surface area contributed by atoms with E-state index in [2.05, 4.69) is 44.9 Å². The van der Waals surface area contributed by atoms with Crippen LogP contribution < -0.4 is 10.6 Å². The minimum Gasteiger partial charge on any atom is -0.360 e. The van der Waals surface area contributed by atoms with Crippen molar-refractivity contribution >= 4 is 21.6 Å². The van der Waals surface area contributed by atoms with E-state index >= 15 is 0 Å². The zero-order valence-electron chi connectivity index (χ0n) is 10.7. The molecule has 96 valence electrons. The van der Waals surface area contributed by atoms with Gasteiger partial charge in [0.15, 0.2) is 0 Å². The van der Waals surface area contributed by atoms with Gasteiger partial charge in [-0.25, -0.2) is 0 Å². The molecule has 0 amide bonds. The molecule has 0 spiro atoms. The Kier molecular flexibility index (Phi) is 4.31. The molecule has 1 aliphatic rings. The molecule has 1 atom stereocenters. The average Bonchev–Trinajstić information content (AvgIpc) is 3.12. The molecule has 1 aliphatic carbocycles. The molecule has 3 heteroatoms. The topological polar surface area (TPSA) is 29.3 Å². The predicted octanol–water partition coefficient (Wildman–Crippen LogP) is 3.32. The SMILES string of the molecule is C#CCN(CC1CC1)c1ccc(Br)cc1C(C)N. The molecule has 0 saturated heterocycles. The summed E-state index contributed by atoms with van der Waals surface area (Å²) in [5.41, 5.74) is 8.40. The zero-order valence-corrected chi connectivity index (χ0v) is 12.3. The minimum absolute atomic E-state index is 0.0111. The molecule has 1 unspecified atom stereocenters. The smallest absolute Gasteiger partial charge is 0.0791 e. The quantitative estimate of drug-likeness (QED) is 0.846. The molecular formula is C15H19BrN2. The van der Waals surface area contributed by atoms with Gasteiger partial charge in [0, 0.05) is 22.7 Å². The van der Waals surface area contributed by atoms with Crippen molar-refractivity contribution in [1.29, 1.82) is 0 Å². The van der Waals surface area contributed by atoms with Crippen LogP contribution in [0.5, 0.6) is 0 Å². The van der Waals surface area contributed by atoms with Gasteiger partial charge in [-0.15, -0.1) is 6.42 Å². The third kappa shape index (κ3) is 3.28. The first-order valence-corrected chi connectivity index (χ1v) is 7.14. The van der Waals surface area contributed by atoms with Gasteiger partial charge in [0.1, 0.15) is 0 Å². The Morgan fingerprint density at radius 2 is 2.28 bits per heavy atom. The summed E-state index contributed by atoms with van der Waals surface area (Å²) in [5.74, 6) is 3.56. The summed E-state index contributed by atoms with van der Waals surface area (Å²) in [7, 11) is 0. The second-order valence-electron chi connectivity index (χ2n) is 5.02. The normalized spacial score (nSPS) is 16.1. The maximum atomic E-state index is 6.06. The average molecular weight is 307 g/mol. The minimum atomic E-state index is 0.0111. The van der Waals surface area contributed by atoms with Gasteiger partial charge in [-0.3, -0.25) is 0 Å². The highest BCUT2D eigenvalue weighted by Gasteiger charge is 2.25. The largest absolute Gasteiger partial charge is 0.360 e. The van der Waals surface area contributed by atoms with Crippen LogP contribution in [0.15, 0.2) is 22.7 Å². The molecule has 2 rings (SSSR count). The number of nitrogens with two attached hydrogens (primary N) is 1. The maximum absolute atomic E-state index is 6.06. The first kappa shape index (κ1) is 13.5. The van der Waals surface area contributed by atoms with Crippen molar-refractivity contribution in [2.75, 3.05) is 18.0 Å². The summed E-state index contributed by atoms with van der Waals surface area (Å²) in [5, 5.41) is 0. The van der Waals surface area contributed by atoms with Crippen LogP contribution in [0.4, 0.5) is 5.69 Å².